The third kappa shape index (κ3) is 2.35. The van der Waals surface area contributed by atoms with E-state index in [9.17, 15) is 9.50 Å². The van der Waals surface area contributed by atoms with Crippen LogP contribution >= 0.6 is 0 Å². The van der Waals surface area contributed by atoms with Crippen LogP contribution in [-0.4, -0.2) is 18.8 Å². The molecule has 0 aromatic heterocycles. The minimum atomic E-state index is -0.458. The molecule has 16 heavy (non-hydrogen) atoms. The summed E-state index contributed by atoms with van der Waals surface area (Å²) in [7, 11) is 1.53. The van der Waals surface area contributed by atoms with Crippen molar-refractivity contribution in [3.8, 4) is 5.75 Å². The van der Waals surface area contributed by atoms with Crippen molar-refractivity contribution in [2.24, 2.45) is 0 Å². The van der Waals surface area contributed by atoms with Crippen LogP contribution in [0.1, 0.15) is 31.9 Å². The van der Waals surface area contributed by atoms with Crippen LogP contribution in [0.25, 0.3) is 0 Å². The van der Waals surface area contributed by atoms with Crippen LogP contribution in [0.4, 0.5) is 4.39 Å². The van der Waals surface area contributed by atoms with Crippen LogP contribution in [0.2, 0.25) is 0 Å². The van der Waals surface area contributed by atoms with Gasteiger partial charge in [-0.3, -0.25) is 0 Å². The molecule has 0 saturated heterocycles. The summed E-state index contributed by atoms with van der Waals surface area (Å²) in [5.74, 6) is 0.226. The van der Waals surface area contributed by atoms with Crippen LogP contribution in [0.15, 0.2) is 12.1 Å². The highest BCUT2D eigenvalue weighted by molar-refractivity contribution is 5.44. The van der Waals surface area contributed by atoms with Crippen LogP contribution in [-0.2, 0) is 11.8 Å². The summed E-state index contributed by atoms with van der Waals surface area (Å²) in [6.45, 7) is 5.75. The maximum atomic E-state index is 13.4. The number of benzene rings is 1. The Morgan fingerprint density at radius 2 is 2.00 bits per heavy atom. The Morgan fingerprint density at radius 3 is 2.44 bits per heavy atom. The first kappa shape index (κ1) is 13.0. The van der Waals surface area contributed by atoms with E-state index < -0.39 is 5.41 Å². The van der Waals surface area contributed by atoms with E-state index in [1.165, 1.54) is 19.2 Å². The smallest absolute Gasteiger partial charge is 0.127 e. The van der Waals surface area contributed by atoms with Gasteiger partial charge in [0.1, 0.15) is 11.6 Å². The van der Waals surface area contributed by atoms with Gasteiger partial charge in [-0.05, 0) is 23.6 Å². The van der Waals surface area contributed by atoms with Crippen molar-refractivity contribution < 1.29 is 14.2 Å². The molecule has 0 radical (unpaired) electrons. The molecular weight excluding hydrogens is 207 g/mol. The van der Waals surface area contributed by atoms with Gasteiger partial charge in [-0.15, -0.1) is 0 Å². The highest BCUT2D eigenvalue weighted by atomic mass is 19.1. The zero-order valence-corrected chi connectivity index (χ0v) is 10.3. The number of rotatable bonds is 4. The van der Waals surface area contributed by atoms with Crippen molar-refractivity contribution in [3.63, 3.8) is 0 Å². The molecular formula is C13H19FO2. The lowest BCUT2D eigenvalue weighted by Gasteiger charge is -2.26. The topological polar surface area (TPSA) is 29.5 Å². The molecule has 3 heteroatoms. The van der Waals surface area contributed by atoms with E-state index in [0.717, 1.165) is 17.5 Å². The number of methoxy groups -OCH3 is 1. The second kappa shape index (κ2) is 4.83. The lowest BCUT2D eigenvalue weighted by Crippen LogP contribution is -2.24. The van der Waals surface area contributed by atoms with Crippen molar-refractivity contribution >= 4 is 0 Å². The molecule has 90 valence electrons. The van der Waals surface area contributed by atoms with Crippen molar-refractivity contribution in [1.29, 1.82) is 0 Å². The molecule has 1 aromatic carbocycles. The molecule has 0 saturated carbocycles. The molecule has 0 bridgehead atoms. The lowest BCUT2D eigenvalue weighted by atomic mass is 9.81. The van der Waals surface area contributed by atoms with E-state index in [0.29, 0.717) is 5.75 Å². The molecule has 0 atom stereocenters. The van der Waals surface area contributed by atoms with Gasteiger partial charge in [0.25, 0.3) is 0 Å². The van der Waals surface area contributed by atoms with Gasteiger partial charge in [-0.25, -0.2) is 4.39 Å². The van der Waals surface area contributed by atoms with E-state index in [1.807, 2.05) is 20.8 Å². The summed E-state index contributed by atoms with van der Waals surface area (Å²) < 4.78 is 18.6. The Morgan fingerprint density at radius 1 is 1.38 bits per heavy atom. The largest absolute Gasteiger partial charge is 0.496 e. The first-order valence-corrected chi connectivity index (χ1v) is 5.44. The van der Waals surface area contributed by atoms with Crippen molar-refractivity contribution in [2.75, 3.05) is 13.7 Å². The Bertz CT molecular complexity index is 372. The molecule has 0 heterocycles. The standard InChI is InChI=1S/C13H19FO2/c1-5-10-11(13(2,3)8-15)6-9(14)7-12(10)16-4/h6-7,15H,5,8H2,1-4H3. The van der Waals surface area contributed by atoms with Gasteiger partial charge in [-0.2, -0.15) is 0 Å². The maximum Gasteiger partial charge on any atom is 0.127 e. The summed E-state index contributed by atoms with van der Waals surface area (Å²) in [4.78, 5) is 0. The molecule has 0 aliphatic heterocycles. The average molecular weight is 226 g/mol. The number of hydrogen-bond acceptors (Lipinski definition) is 2. The number of hydrogen-bond donors (Lipinski definition) is 1. The zero-order valence-electron chi connectivity index (χ0n) is 10.3. The van der Waals surface area contributed by atoms with Gasteiger partial charge in [0.05, 0.1) is 13.7 Å². The summed E-state index contributed by atoms with van der Waals surface area (Å²) in [6, 6.07) is 2.87. The fraction of sp³-hybridized carbons (Fsp3) is 0.538. The Labute approximate surface area is 96.1 Å². The van der Waals surface area contributed by atoms with Gasteiger partial charge >= 0.3 is 0 Å². The molecule has 1 N–H and O–H groups in total. The van der Waals surface area contributed by atoms with Gasteiger partial charge in [0.2, 0.25) is 0 Å². The molecule has 1 rings (SSSR count). The van der Waals surface area contributed by atoms with Crippen molar-refractivity contribution in [2.45, 2.75) is 32.6 Å². The summed E-state index contributed by atoms with van der Waals surface area (Å²) >= 11 is 0. The zero-order chi connectivity index (χ0) is 12.3. The van der Waals surface area contributed by atoms with E-state index in [2.05, 4.69) is 0 Å². The highest BCUT2D eigenvalue weighted by Gasteiger charge is 2.25. The van der Waals surface area contributed by atoms with Gasteiger partial charge in [0.15, 0.2) is 0 Å². The SMILES string of the molecule is CCc1c(OC)cc(F)cc1C(C)(C)CO. The average Bonchev–Trinajstić information content (AvgIpc) is 2.27. The quantitative estimate of drug-likeness (QED) is 0.855. The maximum absolute atomic E-state index is 13.4. The fourth-order valence-corrected chi connectivity index (χ4v) is 1.85. The number of halogens is 1. The molecule has 2 nitrogen and oxygen atoms in total. The van der Waals surface area contributed by atoms with E-state index in [4.69, 9.17) is 4.74 Å². The van der Waals surface area contributed by atoms with E-state index in [-0.39, 0.29) is 12.4 Å². The molecule has 0 fully saturated rings. The number of ether oxygens (including phenoxy) is 1. The summed E-state index contributed by atoms with van der Waals surface area (Å²) in [5, 5.41) is 9.36. The molecule has 0 aliphatic carbocycles. The third-order valence-corrected chi connectivity index (χ3v) is 2.87. The van der Waals surface area contributed by atoms with Crippen LogP contribution in [0, 0.1) is 5.82 Å². The molecule has 0 amide bonds. The van der Waals surface area contributed by atoms with Crippen LogP contribution < -0.4 is 4.74 Å². The van der Waals surface area contributed by atoms with Crippen LogP contribution in [0.5, 0.6) is 5.75 Å². The second-order valence-electron chi connectivity index (χ2n) is 4.53. The third-order valence-electron chi connectivity index (χ3n) is 2.87. The van der Waals surface area contributed by atoms with Gasteiger partial charge in [0, 0.05) is 11.5 Å². The lowest BCUT2D eigenvalue weighted by molar-refractivity contribution is 0.217. The Kier molecular flexibility index (Phi) is 3.92. The summed E-state index contributed by atoms with van der Waals surface area (Å²) in [6.07, 6.45) is 0.752. The predicted molar refractivity (Wildman–Crippen MR) is 62.4 cm³/mol. The fourth-order valence-electron chi connectivity index (χ4n) is 1.85. The molecule has 0 spiro atoms. The molecule has 1 aromatic rings. The van der Waals surface area contributed by atoms with Crippen molar-refractivity contribution in [1.82, 2.24) is 0 Å². The minimum Gasteiger partial charge on any atom is -0.496 e. The number of aliphatic hydroxyl groups is 1. The van der Waals surface area contributed by atoms with E-state index in [1.54, 1.807) is 0 Å². The van der Waals surface area contributed by atoms with Gasteiger partial charge in [-0.1, -0.05) is 20.8 Å². The predicted octanol–water partition coefficient (Wildman–Crippen LogP) is 2.67. The summed E-state index contributed by atoms with van der Waals surface area (Å²) in [5.41, 5.74) is 1.32. The van der Waals surface area contributed by atoms with E-state index >= 15 is 0 Å². The minimum absolute atomic E-state index is 0.0212. The highest BCUT2D eigenvalue weighted by Crippen LogP contribution is 2.33. The molecule has 0 aliphatic rings. The normalized spacial score (nSPS) is 11.6. The van der Waals surface area contributed by atoms with Gasteiger partial charge < -0.3 is 9.84 Å². The first-order valence-electron chi connectivity index (χ1n) is 5.44. The van der Waals surface area contributed by atoms with Crippen molar-refractivity contribution in [3.05, 3.63) is 29.1 Å². The Balaban J connectivity index is 3.42. The first-order chi connectivity index (χ1) is 7.46. The number of aliphatic hydroxyl groups excluding tert-OH is 1. The Hall–Kier alpha value is -1.09. The van der Waals surface area contributed by atoms with Crippen LogP contribution in [0.3, 0.4) is 0 Å². The monoisotopic (exact) mass is 226 g/mol. The second-order valence-corrected chi connectivity index (χ2v) is 4.53. The molecule has 0 unspecified atom stereocenters.